The fourth-order valence-electron chi connectivity index (χ4n) is 0.701. The normalized spacial score (nSPS) is 10.7. The summed E-state index contributed by atoms with van der Waals surface area (Å²) in [5, 5.41) is 0. The van der Waals surface area contributed by atoms with Gasteiger partial charge in [-0.1, -0.05) is 0 Å². The molecule has 2 nitrogen and oxygen atoms in total. The summed E-state index contributed by atoms with van der Waals surface area (Å²) in [7, 11) is 0. The Kier molecular flexibility index (Phi) is 3.56. The molecule has 66 valence electrons. The zero-order valence-corrected chi connectivity index (χ0v) is 8.48. The fraction of sp³-hybridized carbons (Fsp3) is 0.444. The number of aryl methyl sites for hydroxylation is 1. The highest BCUT2D eigenvalue weighted by atomic mass is 32.2. The summed E-state index contributed by atoms with van der Waals surface area (Å²) in [4.78, 5) is 5.36. The Hall–Kier alpha value is -0.540. The molecule has 0 unspecified atom stereocenters. The Morgan fingerprint density at radius 1 is 1.42 bits per heavy atom. The number of rotatable bonds is 3. The largest absolute Gasteiger partial charge is 0.260 e. The molecule has 0 bridgehead atoms. The zero-order chi connectivity index (χ0) is 8.97. The van der Waals surface area contributed by atoms with E-state index in [1.54, 1.807) is 11.9 Å². The van der Waals surface area contributed by atoms with E-state index in [9.17, 15) is 0 Å². The van der Waals surface area contributed by atoms with Crippen LogP contribution in [0.3, 0.4) is 0 Å². The van der Waals surface area contributed by atoms with Crippen molar-refractivity contribution in [3.63, 3.8) is 0 Å². The molecule has 3 heteroatoms. The quantitative estimate of drug-likeness (QED) is 0.727. The minimum absolute atomic E-state index is 0.497. The lowest BCUT2D eigenvalue weighted by Crippen LogP contribution is -2.13. The topological polar surface area (TPSA) is 24.9 Å². The highest BCUT2D eigenvalue weighted by molar-refractivity contribution is 7.97. The van der Waals surface area contributed by atoms with Crippen molar-refractivity contribution in [3.05, 3.63) is 24.0 Å². The molecule has 0 amide bonds. The van der Waals surface area contributed by atoms with E-state index in [4.69, 9.17) is 0 Å². The molecule has 0 spiro atoms. The van der Waals surface area contributed by atoms with Crippen molar-refractivity contribution >= 4 is 11.9 Å². The summed E-state index contributed by atoms with van der Waals surface area (Å²) in [6, 6.07) is 4.59. The van der Waals surface area contributed by atoms with Gasteiger partial charge in [0.05, 0.1) is 0 Å². The van der Waals surface area contributed by atoms with E-state index in [2.05, 4.69) is 29.6 Å². The number of aromatic nitrogens is 1. The van der Waals surface area contributed by atoms with E-state index < -0.39 is 0 Å². The third-order valence-electron chi connectivity index (χ3n) is 1.30. The minimum atomic E-state index is 0.497. The fourth-order valence-corrected chi connectivity index (χ4v) is 1.31. The monoisotopic (exact) mass is 182 g/mol. The molecule has 1 rings (SSSR count). The molecule has 0 aliphatic carbocycles. The zero-order valence-electron chi connectivity index (χ0n) is 7.66. The molecule has 0 atom stereocenters. The van der Waals surface area contributed by atoms with Crippen LogP contribution in [0.2, 0.25) is 0 Å². The van der Waals surface area contributed by atoms with Gasteiger partial charge in [0, 0.05) is 22.8 Å². The molecule has 0 saturated heterocycles. The third-order valence-corrected chi connectivity index (χ3v) is 2.36. The number of hydrogen-bond acceptors (Lipinski definition) is 3. The third kappa shape index (κ3) is 3.24. The molecule has 0 aliphatic heterocycles. The van der Waals surface area contributed by atoms with Crippen molar-refractivity contribution in [3.8, 4) is 0 Å². The molecule has 0 saturated carbocycles. The number of pyridine rings is 1. The van der Waals surface area contributed by atoms with Gasteiger partial charge in [0.25, 0.3) is 0 Å². The summed E-state index contributed by atoms with van der Waals surface area (Å²) in [6.45, 7) is 6.23. The summed E-state index contributed by atoms with van der Waals surface area (Å²) in [5.41, 5.74) is 1.06. The van der Waals surface area contributed by atoms with Gasteiger partial charge in [0.1, 0.15) is 0 Å². The summed E-state index contributed by atoms with van der Waals surface area (Å²) < 4.78 is 3.26. The lowest BCUT2D eigenvalue weighted by Gasteiger charge is -2.06. The number of nitrogens with one attached hydrogen (secondary N) is 1. The predicted molar refractivity (Wildman–Crippen MR) is 53.1 cm³/mol. The van der Waals surface area contributed by atoms with Crippen molar-refractivity contribution in [2.24, 2.45) is 0 Å². The van der Waals surface area contributed by atoms with Crippen molar-refractivity contribution in [1.82, 2.24) is 9.71 Å². The average molecular weight is 182 g/mol. The Balaban J connectivity index is 2.48. The smallest absolute Gasteiger partial charge is 0.0420 e. The average Bonchev–Trinajstić information content (AvgIpc) is 2.03. The second kappa shape index (κ2) is 4.48. The van der Waals surface area contributed by atoms with Crippen LogP contribution in [-0.4, -0.2) is 11.0 Å². The molecule has 1 N–H and O–H groups in total. The van der Waals surface area contributed by atoms with Gasteiger partial charge in [-0.3, -0.25) is 9.71 Å². The number of nitrogens with zero attached hydrogens (tertiary/aromatic N) is 1. The van der Waals surface area contributed by atoms with Gasteiger partial charge >= 0.3 is 0 Å². The van der Waals surface area contributed by atoms with Crippen molar-refractivity contribution in [1.29, 1.82) is 0 Å². The summed E-state index contributed by atoms with van der Waals surface area (Å²) in [6.07, 6.45) is 1.88. The van der Waals surface area contributed by atoms with Crippen molar-refractivity contribution in [2.75, 3.05) is 0 Å². The molecule has 12 heavy (non-hydrogen) atoms. The van der Waals surface area contributed by atoms with E-state index in [1.165, 1.54) is 0 Å². The molecule has 1 heterocycles. The van der Waals surface area contributed by atoms with Gasteiger partial charge in [-0.05, 0) is 44.9 Å². The van der Waals surface area contributed by atoms with Crippen LogP contribution in [0.25, 0.3) is 0 Å². The second-order valence-corrected chi connectivity index (χ2v) is 3.92. The Labute approximate surface area is 77.9 Å². The highest BCUT2D eigenvalue weighted by Gasteiger charge is 1.95. The first-order valence-electron chi connectivity index (χ1n) is 4.03. The summed E-state index contributed by atoms with van der Waals surface area (Å²) in [5.74, 6) is 0. The lowest BCUT2D eigenvalue weighted by molar-refractivity contribution is 0.770. The van der Waals surface area contributed by atoms with Crippen LogP contribution in [-0.2, 0) is 0 Å². The van der Waals surface area contributed by atoms with Gasteiger partial charge in [-0.15, -0.1) is 0 Å². The van der Waals surface area contributed by atoms with Gasteiger partial charge in [-0.2, -0.15) is 0 Å². The molecular weight excluding hydrogens is 168 g/mol. The van der Waals surface area contributed by atoms with Crippen LogP contribution in [0.5, 0.6) is 0 Å². The molecule has 0 fully saturated rings. The van der Waals surface area contributed by atoms with E-state index in [-0.39, 0.29) is 0 Å². The van der Waals surface area contributed by atoms with E-state index >= 15 is 0 Å². The van der Waals surface area contributed by atoms with Gasteiger partial charge in [-0.25, -0.2) is 0 Å². The first-order chi connectivity index (χ1) is 5.68. The SMILES string of the molecule is Cc1ccc(SNC(C)C)cn1. The molecule has 0 aliphatic rings. The van der Waals surface area contributed by atoms with Gasteiger partial charge in [0.2, 0.25) is 0 Å². The Morgan fingerprint density at radius 3 is 2.67 bits per heavy atom. The van der Waals surface area contributed by atoms with Crippen LogP contribution < -0.4 is 4.72 Å². The van der Waals surface area contributed by atoms with Crippen LogP contribution >= 0.6 is 11.9 Å². The highest BCUT2D eigenvalue weighted by Crippen LogP contribution is 2.13. The first kappa shape index (κ1) is 9.55. The second-order valence-electron chi connectivity index (χ2n) is 3.01. The number of hydrogen-bond donors (Lipinski definition) is 1. The van der Waals surface area contributed by atoms with Crippen LogP contribution in [0.1, 0.15) is 19.5 Å². The van der Waals surface area contributed by atoms with E-state index in [1.807, 2.05) is 19.2 Å². The molecule has 0 radical (unpaired) electrons. The van der Waals surface area contributed by atoms with E-state index in [0.717, 1.165) is 10.6 Å². The van der Waals surface area contributed by atoms with Crippen molar-refractivity contribution in [2.45, 2.75) is 31.7 Å². The molecular formula is C9H14N2S. The predicted octanol–water partition coefficient (Wildman–Crippen LogP) is 2.40. The van der Waals surface area contributed by atoms with Gasteiger partial charge < -0.3 is 0 Å². The molecule has 1 aromatic heterocycles. The summed E-state index contributed by atoms with van der Waals surface area (Å²) >= 11 is 1.62. The van der Waals surface area contributed by atoms with Crippen LogP contribution in [0.15, 0.2) is 23.2 Å². The Morgan fingerprint density at radius 2 is 2.17 bits per heavy atom. The maximum absolute atomic E-state index is 4.20. The lowest BCUT2D eigenvalue weighted by atomic mass is 10.4. The van der Waals surface area contributed by atoms with Crippen LogP contribution in [0.4, 0.5) is 0 Å². The maximum atomic E-state index is 4.20. The van der Waals surface area contributed by atoms with E-state index in [0.29, 0.717) is 6.04 Å². The van der Waals surface area contributed by atoms with Crippen LogP contribution in [0, 0.1) is 6.92 Å². The minimum Gasteiger partial charge on any atom is -0.260 e. The molecule has 0 aromatic carbocycles. The molecule has 1 aromatic rings. The van der Waals surface area contributed by atoms with Crippen molar-refractivity contribution < 1.29 is 0 Å². The standard InChI is InChI=1S/C9H14N2S/c1-7(2)11-12-9-5-4-8(3)10-6-9/h4-7,11H,1-3H3. The van der Waals surface area contributed by atoms with Gasteiger partial charge in [0.15, 0.2) is 0 Å². The first-order valence-corrected chi connectivity index (χ1v) is 4.85. The maximum Gasteiger partial charge on any atom is 0.0420 e. The Bertz CT molecular complexity index is 231.